The molecule has 0 fully saturated rings. The Morgan fingerprint density at radius 1 is 1.57 bits per heavy atom. The molecule has 3 N–H and O–H groups in total. The van der Waals surface area contributed by atoms with Gasteiger partial charge in [0.15, 0.2) is 0 Å². The molecule has 0 aromatic carbocycles. The van der Waals surface area contributed by atoms with Gasteiger partial charge in [0.25, 0.3) is 0 Å². The summed E-state index contributed by atoms with van der Waals surface area (Å²) in [5, 5.41) is 4.03. The van der Waals surface area contributed by atoms with E-state index in [0.717, 1.165) is 17.0 Å². The molecule has 0 radical (unpaired) electrons. The first kappa shape index (κ1) is 11.5. The highest BCUT2D eigenvalue weighted by Gasteiger charge is 2.16. The standard InChI is InChI=1S/C8H16N4OS/c1-3-6-8(14-12-11-6)7(10-9)5-13-4-2/h7,10H,3-5,9H2,1-2H3. The van der Waals surface area contributed by atoms with Crippen LogP contribution in [0.5, 0.6) is 0 Å². The zero-order chi connectivity index (χ0) is 10.4. The molecule has 0 saturated heterocycles. The van der Waals surface area contributed by atoms with Crippen molar-refractivity contribution < 1.29 is 4.74 Å². The molecule has 0 amide bonds. The van der Waals surface area contributed by atoms with Crippen LogP contribution >= 0.6 is 11.5 Å². The number of ether oxygens (including phenoxy) is 1. The lowest BCUT2D eigenvalue weighted by atomic mass is 10.2. The van der Waals surface area contributed by atoms with Crippen LogP contribution < -0.4 is 11.3 Å². The maximum Gasteiger partial charge on any atom is 0.0821 e. The Hall–Kier alpha value is -0.560. The van der Waals surface area contributed by atoms with Gasteiger partial charge in [-0.2, -0.15) is 0 Å². The van der Waals surface area contributed by atoms with E-state index in [2.05, 4.69) is 21.9 Å². The Morgan fingerprint density at radius 2 is 2.36 bits per heavy atom. The molecule has 1 heterocycles. The summed E-state index contributed by atoms with van der Waals surface area (Å²) in [4.78, 5) is 1.07. The van der Waals surface area contributed by atoms with Gasteiger partial charge in [-0.25, -0.2) is 5.43 Å². The van der Waals surface area contributed by atoms with Crippen molar-refractivity contribution in [1.82, 2.24) is 15.0 Å². The van der Waals surface area contributed by atoms with Crippen LogP contribution in [0.25, 0.3) is 0 Å². The number of nitrogens with zero attached hydrogens (tertiary/aromatic N) is 2. The van der Waals surface area contributed by atoms with Gasteiger partial charge in [-0.05, 0) is 24.9 Å². The SMILES string of the molecule is CCOCC(NN)c1snnc1CC. The molecule has 0 aliphatic carbocycles. The third-order valence-electron chi connectivity index (χ3n) is 1.93. The predicted molar refractivity (Wildman–Crippen MR) is 55.8 cm³/mol. The van der Waals surface area contributed by atoms with Crippen molar-refractivity contribution in [1.29, 1.82) is 0 Å². The van der Waals surface area contributed by atoms with Crippen LogP contribution in [0.3, 0.4) is 0 Å². The molecular formula is C8H16N4OS. The third-order valence-corrected chi connectivity index (χ3v) is 2.81. The third kappa shape index (κ3) is 2.71. The summed E-state index contributed by atoms with van der Waals surface area (Å²) < 4.78 is 9.23. The summed E-state index contributed by atoms with van der Waals surface area (Å²) in [6.45, 7) is 5.25. The highest BCUT2D eigenvalue weighted by Crippen LogP contribution is 2.20. The normalized spacial score (nSPS) is 13.1. The van der Waals surface area contributed by atoms with Gasteiger partial charge in [0, 0.05) is 6.61 Å². The smallest absolute Gasteiger partial charge is 0.0821 e. The molecule has 0 bridgehead atoms. The van der Waals surface area contributed by atoms with Crippen molar-refractivity contribution >= 4 is 11.5 Å². The number of hydrazine groups is 1. The van der Waals surface area contributed by atoms with E-state index in [9.17, 15) is 0 Å². The van der Waals surface area contributed by atoms with Crippen LogP contribution in [0.2, 0.25) is 0 Å². The summed E-state index contributed by atoms with van der Waals surface area (Å²) in [7, 11) is 0. The number of nitrogens with two attached hydrogens (primary N) is 1. The second-order valence-corrected chi connectivity index (χ2v) is 3.60. The molecule has 0 aliphatic rings. The zero-order valence-electron chi connectivity index (χ0n) is 8.49. The van der Waals surface area contributed by atoms with E-state index in [-0.39, 0.29) is 6.04 Å². The van der Waals surface area contributed by atoms with E-state index in [0.29, 0.717) is 13.2 Å². The number of rotatable bonds is 6. The van der Waals surface area contributed by atoms with Crippen molar-refractivity contribution in [3.8, 4) is 0 Å². The maximum atomic E-state index is 5.45. The molecule has 6 heteroatoms. The van der Waals surface area contributed by atoms with Crippen LogP contribution in [-0.4, -0.2) is 22.8 Å². The Balaban J connectivity index is 2.67. The van der Waals surface area contributed by atoms with Gasteiger partial charge in [-0.1, -0.05) is 11.4 Å². The lowest BCUT2D eigenvalue weighted by molar-refractivity contribution is 0.124. The fraction of sp³-hybridized carbons (Fsp3) is 0.750. The zero-order valence-corrected chi connectivity index (χ0v) is 9.30. The first-order chi connectivity index (χ1) is 6.83. The Labute approximate surface area is 87.8 Å². The number of aromatic nitrogens is 2. The largest absolute Gasteiger partial charge is 0.380 e. The van der Waals surface area contributed by atoms with Crippen LogP contribution in [0.4, 0.5) is 0 Å². The Bertz CT molecular complexity index is 266. The minimum atomic E-state index is 0.00454. The van der Waals surface area contributed by atoms with Crippen molar-refractivity contribution in [3.05, 3.63) is 10.6 Å². The summed E-state index contributed by atoms with van der Waals surface area (Å²) in [6.07, 6.45) is 0.871. The second kappa shape index (κ2) is 6.02. The molecular weight excluding hydrogens is 200 g/mol. The first-order valence-electron chi connectivity index (χ1n) is 4.68. The molecule has 1 atom stereocenters. The Morgan fingerprint density at radius 3 is 2.93 bits per heavy atom. The Kier molecular flexibility index (Phi) is 4.95. The molecule has 1 aromatic rings. The van der Waals surface area contributed by atoms with Gasteiger partial charge in [0.1, 0.15) is 0 Å². The summed E-state index contributed by atoms with van der Waals surface area (Å²) in [5.41, 5.74) is 3.72. The minimum absolute atomic E-state index is 0.00454. The number of hydrogen-bond donors (Lipinski definition) is 2. The van der Waals surface area contributed by atoms with Gasteiger partial charge in [-0.3, -0.25) is 5.84 Å². The lowest BCUT2D eigenvalue weighted by Crippen LogP contribution is -2.31. The molecule has 0 saturated carbocycles. The average molecular weight is 216 g/mol. The number of nitrogens with one attached hydrogen (secondary N) is 1. The van der Waals surface area contributed by atoms with Crippen LogP contribution in [-0.2, 0) is 11.2 Å². The topological polar surface area (TPSA) is 73.1 Å². The van der Waals surface area contributed by atoms with Crippen LogP contribution in [0.1, 0.15) is 30.5 Å². The quantitative estimate of drug-likeness (QED) is 0.539. The van der Waals surface area contributed by atoms with E-state index in [1.54, 1.807) is 0 Å². The van der Waals surface area contributed by atoms with Gasteiger partial charge >= 0.3 is 0 Å². The van der Waals surface area contributed by atoms with Gasteiger partial charge < -0.3 is 4.74 Å². The number of aryl methyl sites for hydroxylation is 1. The van der Waals surface area contributed by atoms with Crippen molar-refractivity contribution in [2.75, 3.05) is 13.2 Å². The molecule has 80 valence electrons. The van der Waals surface area contributed by atoms with E-state index in [1.165, 1.54) is 11.5 Å². The maximum absolute atomic E-state index is 5.45. The van der Waals surface area contributed by atoms with Crippen LogP contribution in [0, 0.1) is 0 Å². The second-order valence-electron chi connectivity index (χ2n) is 2.82. The summed E-state index contributed by atoms with van der Waals surface area (Å²) in [6, 6.07) is 0.00454. The van der Waals surface area contributed by atoms with Crippen molar-refractivity contribution in [2.24, 2.45) is 5.84 Å². The van der Waals surface area contributed by atoms with E-state index >= 15 is 0 Å². The lowest BCUT2D eigenvalue weighted by Gasteiger charge is -2.13. The first-order valence-corrected chi connectivity index (χ1v) is 5.45. The monoisotopic (exact) mass is 216 g/mol. The highest BCUT2D eigenvalue weighted by molar-refractivity contribution is 7.05. The van der Waals surface area contributed by atoms with Gasteiger partial charge in [-0.15, -0.1) is 5.10 Å². The highest BCUT2D eigenvalue weighted by atomic mass is 32.1. The van der Waals surface area contributed by atoms with Gasteiger partial charge in [0.05, 0.1) is 23.2 Å². The van der Waals surface area contributed by atoms with Crippen molar-refractivity contribution in [2.45, 2.75) is 26.3 Å². The molecule has 1 rings (SSSR count). The van der Waals surface area contributed by atoms with Crippen molar-refractivity contribution in [3.63, 3.8) is 0 Å². The average Bonchev–Trinajstić information content (AvgIpc) is 2.67. The van der Waals surface area contributed by atoms with E-state index in [4.69, 9.17) is 10.6 Å². The molecule has 1 aromatic heterocycles. The molecule has 1 unspecified atom stereocenters. The van der Waals surface area contributed by atoms with E-state index < -0.39 is 0 Å². The predicted octanol–water partition coefficient (Wildman–Crippen LogP) is 0.641. The molecule has 5 nitrogen and oxygen atoms in total. The number of hydrogen-bond acceptors (Lipinski definition) is 6. The molecule has 0 aliphatic heterocycles. The fourth-order valence-corrected chi connectivity index (χ4v) is 1.94. The summed E-state index contributed by atoms with van der Waals surface area (Å²) >= 11 is 1.37. The van der Waals surface area contributed by atoms with E-state index in [1.807, 2.05) is 6.92 Å². The summed E-state index contributed by atoms with van der Waals surface area (Å²) in [5.74, 6) is 5.45. The van der Waals surface area contributed by atoms with Crippen LogP contribution in [0.15, 0.2) is 0 Å². The molecule has 0 spiro atoms. The fourth-order valence-electron chi connectivity index (χ4n) is 1.16. The van der Waals surface area contributed by atoms with Gasteiger partial charge in [0.2, 0.25) is 0 Å². The minimum Gasteiger partial charge on any atom is -0.380 e. The molecule has 14 heavy (non-hydrogen) atoms.